The average molecular weight is 423 g/mol. The van der Waals surface area contributed by atoms with Crippen LogP contribution in [0, 0.1) is 0 Å². The van der Waals surface area contributed by atoms with Gasteiger partial charge in [-0.1, -0.05) is 6.07 Å². The third kappa shape index (κ3) is 6.01. The molecule has 0 bridgehead atoms. The number of guanidine groups is 1. The van der Waals surface area contributed by atoms with Crippen molar-refractivity contribution in [2.75, 3.05) is 13.1 Å². The van der Waals surface area contributed by atoms with Gasteiger partial charge < -0.3 is 10.6 Å². The molecule has 3 rings (SSSR count). The number of thiazole rings is 1. The highest BCUT2D eigenvalue weighted by molar-refractivity contribution is 7.09. The van der Waals surface area contributed by atoms with E-state index in [0.29, 0.717) is 37.0 Å². The molecule has 0 aliphatic rings. The van der Waals surface area contributed by atoms with Crippen molar-refractivity contribution in [2.45, 2.75) is 26.1 Å². The summed E-state index contributed by atoms with van der Waals surface area (Å²) in [5.41, 5.74) is 0.0884. The Hall–Kier alpha value is -2.95. The van der Waals surface area contributed by atoms with Gasteiger partial charge in [0, 0.05) is 43.5 Å². The molecule has 0 fully saturated rings. The quantitative estimate of drug-likeness (QED) is 0.451. The van der Waals surface area contributed by atoms with E-state index in [1.165, 1.54) is 0 Å². The number of alkyl halides is 3. The minimum Gasteiger partial charge on any atom is -0.357 e. The number of pyridine rings is 1. The lowest BCUT2D eigenvalue weighted by Crippen LogP contribution is -2.38. The summed E-state index contributed by atoms with van der Waals surface area (Å²) >= 11 is 1.01. The van der Waals surface area contributed by atoms with Crippen molar-refractivity contribution in [3.05, 3.63) is 58.7 Å². The monoisotopic (exact) mass is 423 g/mol. The van der Waals surface area contributed by atoms with E-state index in [9.17, 15) is 13.2 Å². The lowest BCUT2D eigenvalue weighted by molar-refractivity contribution is -0.140. The summed E-state index contributed by atoms with van der Waals surface area (Å²) in [4.78, 5) is 16.5. The highest BCUT2D eigenvalue weighted by Crippen LogP contribution is 2.29. The molecule has 2 N–H and O–H groups in total. The molecule has 3 aromatic rings. The highest BCUT2D eigenvalue weighted by Gasteiger charge is 2.33. The van der Waals surface area contributed by atoms with Gasteiger partial charge in [-0.3, -0.25) is 4.57 Å². The minimum absolute atomic E-state index is 0.381. The first-order valence-corrected chi connectivity index (χ1v) is 9.80. The number of hydrogen-bond acceptors (Lipinski definition) is 5. The van der Waals surface area contributed by atoms with E-state index in [0.717, 1.165) is 28.1 Å². The van der Waals surface area contributed by atoms with Gasteiger partial charge in [0.25, 0.3) is 0 Å². The van der Waals surface area contributed by atoms with Crippen LogP contribution in [0.25, 0.3) is 5.82 Å². The van der Waals surface area contributed by atoms with Crippen molar-refractivity contribution in [1.29, 1.82) is 0 Å². The Kier molecular flexibility index (Phi) is 6.81. The number of imidazole rings is 1. The summed E-state index contributed by atoms with van der Waals surface area (Å²) in [5, 5.41) is 7.69. The van der Waals surface area contributed by atoms with E-state index >= 15 is 0 Å². The summed E-state index contributed by atoms with van der Waals surface area (Å²) < 4.78 is 39.6. The number of aromatic nitrogens is 4. The molecule has 0 aliphatic carbocycles. The minimum atomic E-state index is -4.40. The van der Waals surface area contributed by atoms with Gasteiger partial charge in [-0.25, -0.2) is 19.9 Å². The summed E-state index contributed by atoms with van der Waals surface area (Å²) in [5.74, 6) is 1.35. The first-order valence-electron chi connectivity index (χ1n) is 8.92. The number of hydrogen-bond donors (Lipinski definition) is 2. The van der Waals surface area contributed by atoms with Crippen LogP contribution < -0.4 is 10.6 Å². The zero-order valence-electron chi connectivity index (χ0n) is 15.6. The van der Waals surface area contributed by atoms with Gasteiger partial charge in [-0.05, 0) is 18.6 Å². The Balaban J connectivity index is 1.53. The van der Waals surface area contributed by atoms with Crippen molar-refractivity contribution >= 4 is 17.3 Å². The molecule has 0 saturated heterocycles. The van der Waals surface area contributed by atoms with Gasteiger partial charge in [0.1, 0.15) is 12.1 Å². The molecule has 3 heterocycles. The second kappa shape index (κ2) is 9.50. The standard InChI is InChI=1S/C18H20F3N7S/c1-2-23-17(24-6-5-16-27-14(11-29-16)18(19,20)21)26-10-13-3-4-15(25-9-13)28-8-7-22-12-28/h3-4,7-9,11-12H,2,5-6,10H2,1H3,(H2,23,24,26). The second-order valence-electron chi connectivity index (χ2n) is 5.99. The number of nitrogens with one attached hydrogen (secondary N) is 2. The lowest BCUT2D eigenvalue weighted by atomic mass is 10.3. The van der Waals surface area contributed by atoms with E-state index in [1.54, 1.807) is 18.7 Å². The Morgan fingerprint density at radius 3 is 2.76 bits per heavy atom. The van der Waals surface area contributed by atoms with Crippen molar-refractivity contribution in [3.8, 4) is 5.82 Å². The normalized spacial score (nSPS) is 12.2. The zero-order valence-corrected chi connectivity index (χ0v) is 16.5. The summed E-state index contributed by atoms with van der Waals surface area (Å²) in [6.45, 7) is 3.45. The molecular weight excluding hydrogens is 403 g/mol. The molecule has 154 valence electrons. The third-order valence-corrected chi connectivity index (χ3v) is 4.72. The van der Waals surface area contributed by atoms with Gasteiger partial charge in [0.05, 0.1) is 11.6 Å². The van der Waals surface area contributed by atoms with Crippen molar-refractivity contribution < 1.29 is 13.2 Å². The van der Waals surface area contributed by atoms with Crippen molar-refractivity contribution in [3.63, 3.8) is 0 Å². The Morgan fingerprint density at radius 1 is 1.28 bits per heavy atom. The van der Waals surface area contributed by atoms with Crippen molar-refractivity contribution in [1.82, 2.24) is 30.2 Å². The maximum atomic E-state index is 12.6. The number of aliphatic imine (C=N–C) groups is 1. The SMILES string of the molecule is CCNC(=NCc1ccc(-n2ccnc2)nc1)NCCc1nc(C(F)(F)F)cs1. The molecule has 11 heteroatoms. The van der Waals surface area contributed by atoms with Crippen LogP contribution in [0.1, 0.15) is 23.2 Å². The fourth-order valence-electron chi connectivity index (χ4n) is 2.41. The van der Waals surface area contributed by atoms with Crippen LogP contribution in [0.5, 0.6) is 0 Å². The first-order chi connectivity index (χ1) is 14.0. The lowest BCUT2D eigenvalue weighted by Gasteiger charge is -2.10. The molecular formula is C18H20F3N7S. The molecule has 0 atom stereocenters. The first kappa shape index (κ1) is 20.8. The van der Waals surface area contributed by atoms with E-state index < -0.39 is 11.9 Å². The number of halogens is 3. The largest absolute Gasteiger partial charge is 0.434 e. The third-order valence-electron chi connectivity index (χ3n) is 3.82. The summed E-state index contributed by atoms with van der Waals surface area (Å²) in [6.07, 6.45) is 2.90. The van der Waals surface area contributed by atoms with Gasteiger partial charge in [0.2, 0.25) is 0 Å². The van der Waals surface area contributed by atoms with E-state index in [4.69, 9.17) is 0 Å². The van der Waals surface area contributed by atoms with Crippen LogP contribution in [0.4, 0.5) is 13.2 Å². The number of nitrogens with zero attached hydrogens (tertiary/aromatic N) is 5. The van der Waals surface area contributed by atoms with Crippen LogP contribution >= 0.6 is 11.3 Å². The molecule has 0 spiro atoms. The smallest absolute Gasteiger partial charge is 0.357 e. The second-order valence-corrected chi connectivity index (χ2v) is 6.93. The summed E-state index contributed by atoms with van der Waals surface area (Å²) in [7, 11) is 0. The van der Waals surface area contributed by atoms with Crippen molar-refractivity contribution in [2.24, 2.45) is 4.99 Å². The van der Waals surface area contributed by atoms with E-state index in [1.807, 2.05) is 29.8 Å². The predicted octanol–water partition coefficient (Wildman–Crippen LogP) is 3.04. The van der Waals surface area contributed by atoms with Crippen LogP contribution in [0.2, 0.25) is 0 Å². The van der Waals surface area contributed by atoms with Gasteiger partial charge >= 0.3 is 6.18 Å². The molecule has 0 amide bonds. The zero-order chi connectivity index (χ0) is 20.7. The topological polar surface area (TPSA) is 80.0 Å². The molecule has 0 aromatic carbocycles. The fraction of sp³-hybridized carbons (Fsp3) is 0.333. The Labute approximate surface area is 169 Å². The van der Waals surface area contributed by atoms with E-state index in [2.05, 4.69) is 30.6 Å². The van der Waals surface area contributed by atoms with Crippen LogP contribution in [0.15, 0.2) is 47.4 Å². The maximum Gasteiger partial charge on any atom is 0.434 e. The Morgan fingerprint density at radius 2 is 2.14 bits per heavy atom. The maximum absolute atomic E-state index is 12.6. The summed E-state index contributed by atoms with van der Waals surface area (Å²) in [6, 6.07) is 3.82. The average Bonchev–Trinajstić information content (AvgIpc) is 3.38. The predicted molar refractivity (Wildman–Crippen MR) is 105 cm³/mol. The van der Waals surface area contributed by atoms with Crippen LogP contribution in [-0.4, -0.2) is 38.6 Å². The van der Waals surface area contributed by atoms with E-state index in [-0.39, 0.29) is 0 Å². The molecule has 0 aliphatic heterocycles. The molecule has 0 saturated carbocycles. The Bertz CT molecular complexity index is 918. The van der Waals surface area contributed by atoms with Crippen LogP contribution in [0.3, 0.4) is 0 Å². The van der Waals surface area contributed by atoms with Gasteiger partial charge in [0.15, 0.2) is 11.7 Å². The van der Waals surface area contributed by atoms with Crippen LogP contribution in [-0.2, 0) is 19.1 Å². The molecule has 3 aromatic heterocycles. The molecule has 7 nitrogen and oxygen atoms in total. The van der Waals surface area contributed by atoms with Gasteiger partial charge in [-0.2, -0.15) is 13.2 Å². The highest BCUT2D eigenvalue weighted by atomic mass is 32.1. The molecule has 0 radical (unpaired) electrons. The molecule has 29 heavy (non-hydrogen) atoms. The van der Waals surface area contributed by atoms with Gasteiger partial charge in [-0.15, -0.1) is 11.3 Å². The molecule has 0 unspecified atom stereocenters. The number of rotatable bonds is 7. The fourth-order valence-corrected chi connectivity index (χ4v) is 3.22.